The zero-order valence-electron chi connectivity index (χ0n) is 9.42. The second-order valence-corrected chi connectivity index (χ2v) is 5.86. The van der Waals surface area contributed by atoms with E-state index in [2.05, 4.69) is 57.3 Å². The number of urea groups is 1. The van der Waals surface area contributed by atoms with Crippen LogP contribution in [0.5, 0.6) is 0 Å². The molecule has 0 unspecified atom stereocenters. The smallest absolute Gasteiger partial charge is 0.337 e. The monoisotopic (exact) mass is 421 g/mol. The van der Waals surface area contributed by atoms with Gasteiger partial charge in [-0.05, 0) is 33.3 Å². The Morgan fingerprint density at radius 3 is 2.60 bits per heavy atom. The Balaban J connectivity index is 2.24. The van der Waals surface area contributed by atoms with Gasteiger partial charge in [0.1, 0.15) is 0 Å². The molecule has 0 saturated heterocycles. The molecule has 0 aliphatic heterocycles. The molecule has 2 aromatic rings. The summed E-state index contributed by atoms with van der Waals surface area (Å²) in [6.07, 6.45) is 0. The molecule has 1 heterocycles. The zero-order valence-corrected chi connectivity index (χ0v) is 13.4. The van der Waals surface area contributed by atoms with Gasteiger partial charge >= 0.3 is 12.0 Å². The van der Waals surface area contributed by atoms with Gasteiger partial charge in [0.05, 0.1) is 11.3 Å². The summed E-state index contributed by atoms with van der Waals surface area (Å²) < 4.78 is 4.48. The van der Waals surface area contributed by atoms with E-state index in [-0.39, 0.29) is 16.4 Å². The first-order valence-corrected chi connectivity index (χ1v) is 7.28. The summed E-state index contributed by atoms with van der Waals surface area (Å²) in [4.78, 5) is 22.9. The highest BCUT2D eigenvalue weighted by molar-refractivity contribution is 9.11. The number of carbonyl (C=O) groups excluding carboxylic acids is 1. The summed E-state index contributed by atoms with van der Waals surface area (Å²) in [5.41, 5.74) is 0.0764. The Labute approximate surface area is 133 Å². The number of carboxylic acid groups (broad SMARTS) is 1. The largest absolute Gasteiger partial charge is 0.478 e. The number of aromatic carboxylic acids is 1. The predicted molar refractivity (Wildman–Crippen MR) is 79.1 cm³/mol. The number of nitrogens with zero attached hydrogens (tertiary/aromatic N) is 3. The van der Waals surface area contributed by atoms with E-state index < -0.39 is 12.0 Å². The molecule has 0 atom stereocenters. The van der Waals surface area contributed by atoms with Gasteiger partial charge in [-0.1, -0.05) is 25.5 Å². The van der Waals surface area contributed by atoms with Crippen molar-refractivity contribution in [1.82, 2.24) is 14.8 Å². The maximum Gasteiger partial charge on any atom is 0.337 e. The lowest BCUT2D eigenvalue weighted by Crippen LogP contribution is -2.21. The topological polar surface area (TPSA) is 117 Å². The highest BCUT2D eigenvalue weighted by Crippen LogP contribution is 2.31. The fourth-order valence-electron chi connectivity index (χ4n) is 1.29. The molecule has 2 rings (SSSR count). The van der Waals surface area contributed by atoms with Crippen molar-refractivity contribution in [3.8, 4) is 0 Å². The summed E-state index contributed by atoms with van der Waals surface area (Å²) in [6, 6.07) is 2.36. The van der Waals surface area contributed by atoms with Crippen LogP contribution < -0.4 is 10.6 Å². The van der Waals surface area contributed by atoms with Crippen LogP contribution in [-0.4, -0.2) is 31.9 Å². The van der Waals surface area contributed by atoms with E-state index in [1.165, 1.54) is 6.07 Å². The Morgan fingerprint density at radius 2 is 2.00 bits per heavy atom. The van der Waals surface area contributed by atoms with E-state index in [1.54, 1.807) is 6.07 Å². The highest BCUT2D eigenvalue weighted by Gasteiger charge is 2.17. The Bertz CT molecular complexity index is 664. The predicted octanol–water partition coefficient (Wildman–Crippen LogP) is 2.80. The number of aromatic nitrogens is 3. The average Bonchev–Trinajstić information content (AvgIpc) is 2.84. The highest BCUT2D eigenvalue weighted by atomic mass is 79.9. The van der Waals surface area contributed by atoms with Crippen LogP contribution in [0.25, 0.3) is 0 Å². The number of hydrogen-bond acceptors (Lipinski definition) is 6. The fourth-order valence-corrected chi connectivity index (χ4v) is 2.98. The van der Waals surface area contributed by atoms with E-state index in [4.69, 9.17) is 5.11 Å². The standard InChI is InChI=1S/C9H5Br2N5O3S/c10-3-1-4(7(17)18)6(5(11)2-3)12-8(19)13-9-14-15-16-20-9/h1-2H,(H,17,18)(H2,12,13,14,16,19). The Morgan fingerprint density at radius 1 is 1.25 bits per heavy atom. The average molecular weight is 423 g/mol. The van der Waals surface area contributed by atoms with Crippen LogP contribution in [0.3, 0.4) is 0 Å². The minimum Gasteiger partial charge on any atom is -0.478 e. The quantitative estimate of drug-likeness (QED) is 0.699. The van der Waals surface area contributed by atoms with Crippen molar-refractivity contribution in [3.05, 3.63) is 26.6 Å². The van der Waals surface area contributed by atoms with Gasteiger partial charge in [0.25, 0.3) is 0 Å². The maximum absolute atomic E-state index is 11.8. The number of halogens is 2. The number of carboxylic acids is 1. The minimum absolute atomic E-state index is 0.0585. The molecule has 104 valence electrons. The first-order chi connectivity index (χ1) is 9.47. The van der Waals surface area contributed by atoms with Gasteiger partial charge in [-0.3, -0.25) is 5.32 Å². The lowest BCUT2D eigenvalue weighted by atomic mass is 10.2. The van der Waals surface area contributed by atoms with Crippen molar-refractivity contribution in [2.45, 2.75) is 0 Å². The van der Waals surface area contributed by atoms with Crippen molar-refractivity contribution in [2.75, 3.05) is 10.6 Å². The van der Waals surface area contributed by atoms with Gasteiger partial charge in [-0.25, -0.2) is 9.59 Å². The number of hydrogen-bond donors (Lipinski definition) is 3. The lowest BCUT2D eigenvalue weighted by Gasteiger charge is -2.11. The van der Waals surface area contributed by atoms with Gasteiger partial charge in [-0.15, -0.1) is 0 Å². The molecule has 1 aromatic carbocycles. The second-order valence-electron chi connectivity index (χ2n) is 3.36. The van der Waals surface area contributed by atoms with Crippen molar-refractivity contribution in [2.24, 2.45) is 0 Å². The van der Waals surface area contributed by atoms with Crippen molar-refractivity contribution >= 4 is 66.2 Å². The van der Waals surface area contributed by atoms with Gasteiger partial charge in [0.2, 0.25) is 5.13 Å². The molecule has 0 saturated carbocycles. The molecular weight excluding hydrogens is 418 g/mol. The number of amides is 2. The van der Waals surface area contributed by atoms with Gasteiger partial charge in [0.15, 0.2) is 0 Å². The fraction of sp³-hybridized carbons (Fsp3) is 0. The molecule has 0 bridgehead atoms. The summed E-state index contributed by atoms with van der Waals surface area (Å²) in [7, 11) is 0. The summed E-state index contributed by atoms with van der Waals surface area (Å²) in [5.74, 6) is -1.17. The van der Waals surface area contributed by atoms with Crippen molar-refractivity contribution < 1.29 is 14.7 Å². The third kappa shape index (κ3) is 3.49. The first-order valence-electron chi connectivity index (χ1n) is 4.92. The summed E-state index contributed by atoms with van der Waals surface area (Å²) in [5, 5.41) is 21.0. The number of rotatable bonds is 3. The van der Waals surface area contributed by atoms with E-state index in [1.807, 2.05) is 0 Å². The van der Waals surface area contributed by atoms with Crippen molar-refractivity contribution in [1.29, 1.82) is 0 Å². The van der Waals surface area contributed by atoms with Gasteiger partial charge in [0, 0.05) is 20.5 Å². The van der Waals surface area contributed by atoms with Crippen LogP contribution in [0.15, 0.2) is 21.1 Å². The number of nitrogens with one attached hydrogen (secondary N) is 2. The van der Waals surface area contributed by atoms with Crippen LogP contribution in [-0.2, 0) is 0 Å². The Hall–Kier alpha value is -1.59. The normalized spacial score (nSPS) is 10.1. The van der Waals surface area contributed by atoms with Crippen LogP contribution >= 0.6 is 43.4 Å². The van der Waals surface area contributed by atoms with E-state index in [0.717, 1.165) is 11.5 Å². The molecule has 0 radical (unpaired) electrons. The van der Waals surface area contributed by atoms with Crippen LogP contribution in [0, 0.1) is 0 Å². The number of benzene rings is 1. The second kappa shape index (κ2) is 6.24. The molecule has 0 spiro atoms. The minimum atomic E-state index is -1.17. The van der Waals surface area contributed by atoms with Crippen molar-refractivity contribution in [3.63, 3.8) is 0 Å². The van der Waals surface area contributed by atoms with Crippen LogP contribution in [0.2, 0.25) is 0 Å². The third-order valence-electron chi connectivity index (χ3n) is 2.04. The molecule has 0 fully saturated rings. The van der Waals surface area contributed by atoms with E-state index >= 15 is 0 Å². The molecule has 3 N–H and O–H groups in total. The summed E-state index contributed by atoms with van der Waals surface area (Å²) >= 11 is 7.28. The molecule has 2 amide bonds. The van der Waals surface area contributed by atoms with E-state index in [0.29, 0.717) is 8.95 Å². The SMILES string of the molecule is O=C(Nc1nnns1)Nc1c(Br)cc(Br)cc1C(=O)O. The molecule has 1 aromatic heterocycles. The first kappa shape index (κ1) is 14.8. The third-order valence-corrected chi connectivity index (χ3v) is 3.64. The molecule has 11 heteroatoms. The Kier molecular flexibility index (Phi) is 4.62. The molecule has 8 nitrogen and oxygen atoms in total. The zero-order chi connectivity index (χ0) is 14.7. The molecular formula is C9H5Br2N5O3S. The summed E-state index contributed by atoms with van der Waals surface area (Å²) in [6.45, 7) is 0. The van der Waals surface area contributed by atoms with Gasteiger partial charge < -0.3 is 10.4 Å². The number of carbonyl (C=O) groups is 2. The van der Waals surface area contributed by atoms with E-state index in [9.17, 15) is 9.59 Å². The van der Waals surface area contributed by atoms with Crippen LogP contribution in [0.4, 0.5) is 15.6 Å². The molecule has 0 aliphatic carbocycles. The lowest BCUT2D eigenvalue weighted by molar-refractivity contribution is 0.0698. The number of anilines is 2. The maximum atomic E-state index is 11.8. The van der Waals surface area contributed by atoms with Gasteiger partial charge in [-0.2, -0.15) is 0 Å². The molecule has 0 aliphatic rings. The van der Waals surface area contributed by atoms with Crippen LogP contribution in [0.1, 0.15) is 10.4 Å². The molecule has 20 heavy (non-hydrogen) atoms.